The fourth-order valence-corrected chi connectivity index (χ4v) is 3.99. The average Bonchev–Trinajstić information content (AvgIpc) is 3.10. The number of aromatic nitrogens is 3. The number of nitrogens with zero attached hydrogens (tertiary/aromatic N) is 4. The van der Waals surface area contributed by atoms with Gasteiger partial charge in [-0.15, -0.1) is 0 Å². The van der Waals surface area contributed by atoms with E-state index in [4.69, 9.17) is 4.74 Å². The fraction of sp³-hybridized carbons (Fsp3) is 0.417. The van der Waals surface area contributed by atoms with Crippen molar-refractivity contribution in [3.63, 3.8) is 0 Å². The fourth-order valence-electron chi connectivity index (χ4n) is 3.99. The number of hydrogen-bond acceptors (Lipinski definition) is 7. The van der Waals surface area contributed by atoms with Crippen molar-refractivity contribution in [2.75, 3.05) is 18.6 Å². The van der Waals surface area contributed by atoms with Gasteiger partial charge in [-0.25, -0.2) is 19.3 Å². The van der Waals surface area contributed by atoms with Crippen molar-refractivity contribution in [2.24, 2.45) is 0 Å². The summed E-state index contributed by atoms with van der Waals surface area (Å²) in [6.07, 6.45) is 4.70. The van der Waals surface area contributed by atoms with Gasteiger partial charge in [-0.05, 0) is 50.8 Å². The van der Waals surface area contributed by atoms with Gasteiger partial charge in [0.25, 0.3) is 0 Å². The number of fused-ring (bicyclic) bond motifs is 3. The summed E-state index contributed by atoms with van der Waals surface area (Å²) in [5.74, 6) is 0.339. The summed E-state index contributed by atoms with van der Waals surface area (Å²) in [5, 5.41) is 1.08. The molecule has 0 radical (unpaired) electrons. The van der Waals surface area contributed by atoms with E-state index < -0.39 is 5.60 Å². The van der Waals surface area contributed by atoms with Gasteiger partial charge in [0.15, 0.2) is 0 Å². The van der Waals surface area contributed by atoms with Crippen molar-refractivity contribution in [3.05, 3.63) is 53.5 Å². The molecule has 8 heteroatoms. The van der Waals surface area contributed by atoms with Gasteiger partial charge in [-0.3, -0.25) is 4.79 Å². The molecule has 32 heavy (non-hydrogen) atoms. The Morgan fingerprint density at radius 3 is 2.53 bits per heavy atom. The molecule has 0 fully saturated rings. The van der Waals surface area contributed by atoms with Crippen LogP contribution in [-0.2, 0) is 33.7 Å². The molecule has 1 aromatic carbocycles. The van der Waals surface area contributed by atoms with Gasteiger partial charge in [0.1, 0.15) is 5.60 Å². The smallest absolute Gasteiger partial charge is 0.419 e. The van der Waals surface area contributed by atoms with E-state index in [0.29, 0.717) is 25.3 Å². The van der Waals surface area contributed by atoms with Crippen molar-refractivity contribution in [2.45, 2.75) is 52.2 Å². The number of anilines is 1. The Bertz CT molecular complexity index is 1150. The van der Waals surface area contributed by atoms with Crippen LogP contribution in [0, 0.1) is 0 Å². The molecule has 3 aromatic rings. The van der Waals surface area contributed by atoms with Gasteiger partial charge in [0.2, 0.25) is 5.95 Å². The monoisotopic (exact) mass is 436 g/mol. The molecule has 1 aliphatic heterocycles. The summed E-state index contributed by atoms with van der Waals surface area (Å²) in [6, 6.07) is 7.93. The molecule has 1 aliphatic rings. The van der Waals surface area contributed by atoms with E-state index in [1.165, 1.54) is 7.11 Å². The molecular weight excluding hydrogens is 408 g/mol. The van der Waals surface area contributed by atoms with E-state index in [1.54, 1.807) is 17.0 Å². The molecule has 0 saturated carbocycles. The van der Waals surface area contributed by atoms with Gasteiger partial charge in [0.05, 0.1) is 24.9 Å². The molecule has 0 bridgehead atoms. The number of carbonyl (C=O) groups excluding carboxylic acids is 2. The first kappa shape index (κ1) is 21.8. The molecule has 0 atom stereocenters. The second-order valence-corrected chi connectivity index (χ2v) is 8.90. The second kappa shape index (κ2) is 8.61. The highest BCUT2D eigenvalue weighted by Gasteiger charge is 2.29. The molecule has 3 heterocycles. The van der Waals surface area contributed by atoms with E-state index in [2.05, 4.69) is 25.7 Å². The normalized spacial score (nSPS) is 13.7. The molecule has 0 unspecified atom stereocenters. The number of ether oxygens (including phenoxy) is 2. The maximum absolute atomic E-state index is 13.1. The van der Waals surface area contributed by atoms with Crippen LogP contribution in [0.4, 0.5) is 10.7 Å². The van der Waals surface area contributed by atoms with Crippen LogP contribution in [0.5, 0.6) is 0 Å². The maximum Gasteiger partial charge on any atom is 0.419 e. The SMILES string of the molecule is COC(=O)CCc1cnc(N2CCc3c(n(C(=O)OC(C)(C)C)c4ccccc34)C2)nc1. The Morgan fingerprint density at radius 1 is 1.12 bits per heavy atom. The molecule has 2 aromatic heterocycles. The molecule has 0 amide bonds. The highest BCUT2D eigenvalue weighted by Crippen LogP contribution is 2.32. The molecule has 8 nitrogen and oxygen atoms in total. The van der Waals surface area contributed by atoms with Crippen LogP contribution in [0.15, 0.2) is 36.7 Å². The number of hydrogen-bond donors (Lipinski definition) is 0. The topological polar surface area (TPSA) is 86.6 Å². The van der Waals surface area contributed by atoms with E-state index in [9.17, 15) is 9.59 Å². The molecule has 0 saturated heterocycles. The van der Waals surface area contributed by atoms with Crippen LogP contribution in [-0.4, -0.2) is 45.9 Å². The summed E-state index contributed by atoms with van der Waals surface area (Å²) in [6.45, 7) is 6.85. The Kier molecular flexibility index (Phi) is 5.86. The standard InChI is InChI=1S/C24H28N4O4/c1-24(2,3)32-23(30)28-19-8-6-5-7-17(19)18-11-12-27(15-20(18)28)22-25-13-16(14-26-22)9-10-21(29)31-4/h5-8,13-14H,9-12,15H2,1-4H3. The lowest BCUT2D eigenvalue weighted by Crippen LogP contribution is -2.35. The van der Waals surface area contributed by atoms with Gasteiger partial charge >= 0.3 is 12.1 Å². The lowest BCUT2D eigenvalue weighted by atomic mass is 10.0. The first-order chi connectivity index (χ1) is 15.3. The van der Waals surface area contributed by atoms with Crippen LogP contribution < -0.4 is 4.90 Å². The third-order valence-electron chi connectivity index (χ3n) is 5.46. The highest BCUT2D eigenvalue weighted by molar-refractivity contribution is 5.94. The van der Waals surface area contributed by atoms with Crippen molar-refractivity contribution in [1.82, 2.24) is 14.5 Å². The van der Waals surface area contributed by atoms with Crippen LogP contribution in [0.2, 0.25) is 0 Å². The van der Waals surface area contributed by atoms with Gasteiger partial charge in [-0.2, -0.15) is 0 Å². The number of para-hydroxylation sites is 1. The number of methoxy groups -OCH3 is 1. The highest BCUT2D eigenvalue weighted by atomic mass is 16.6. The number of aryl methyl sites for hydroxylation is 1. The van der Waals surface area contributed by atoms with Crippen molar-refractivity contribution < 1.29 is 19.1 Å². The Labute approximate surface area is 187 Å². The van der Waals surface area contributed by atoms with E-state index in [1.807, 2.05) is 39.0 Å². The zero-order chi connectivity index (χ0) is 22.9. The largest absolute Gasteiger partial charge is 0.469 e. The third kappa shape index (κ3) is 4.44. The minimum Gasteiger partial charge on any atom is -0.469 e. The third-order valence-corrected chi connectivity index (χ3v) is 5.46. The van der Waals surface area contributed by atoms with Gasteiger partial charge in [-0.1, -0.05) is 18.2 Å². The van der Waals surface area contributed by atoms with E-state index in [-0.39, 0.29) is 12.1 Å². The predicted molar refractivity (Wildman–Crippen MR) is 121 cm³/mol. The van der Waals surface area contributed by atoms with Crippen LogP contribution in [0.3, 0.4) is 0 Å². The number of rotatable bonds is 4. The summed E-state index contributed by atoms with van der Waals surface area (Å²) >= 11 is 0. The lowest BCUT2D eigenvalue weighted by molar-refractivity contribution is -0.140. The minimum atomic E-state index is -0.590. The summed E-state index contributed by atoms with van der Waals surface area (Å²) in [7, 11) is 1.38. The van der Waals surface area contributed by atoms with Crippen LogP contribution in [0.25, 0.3) is 10.9 Å². The predicted octanol–water partition coefficient (Wildman–Crippen LogP) is 3.88. The molecule has 0 aliphatic carbocycles. The molecule has 4 rings (SSSR count). The van der Waals surface area contributed by atoms with Gasteiger partial charge < -0.3 is 14.4 Å². The van der Waals surface area contributed by atoms with Crippen LogP contribution >= 0.6 is 0 Å². The zero-order valence-electron chi connectivity index (χ0n) is 18.9. The molecule has 0 spiro atoms. The number of esters is 1. The van der Waals surface area contributed by atoms with Crippen molar-refractivity contribution in [3.8, 4) is 0 Å². The summed E-state index contributed by atoms with van der Waals surface area (Å²) < 4.78 is 12.1. The molecular formula is C24H28N4O4. The lowest BCUT2D eigenvalue weighted by Gasteiger charge is -2.29. The quantitative estimate of drug-likeness (QED) is 0.574. The van der Waals surface area contributed by atoms with Crippen molar-refractivity contribution >= 4 is 28.9 Å². The van der Waals surface area contributed by atoms with Gasteiger partial charge in [0, 0.05) is 30.7 Å². The Balaban J connectivity index is 1.62. The Morgan fingerprint density at radius 2 is 1.84 bits per heavy atom. The average molecular weight is 437 g/mol. The van der Waals surface area contributed by atoms with E-state index >= 15 is 0 Å². The first-order valence-electron chi connectivity index (χ1n) is 10.7. The second-order valence-electron chi connectivity index (χ2n) is 8.90. The molecule has 168 valence electrons. The summed E-state index contributed by atoms with van der Waals surface area (Å²) in [4.78, 5) is 35.5. The number of benzene rings is 1. The Hall–Kier alpha value is -3.42. The molecule has 0 N–H and O–H groups in total. The number of carbonyl (C=O) groups is 2. The zero-order valence-corrected chi connectivity index (χ0v) is 18.9. The minimum absolute atomic E-state index is 0.257. The van der Waals surface area contributed by atoms with E-state index in [0.717, 1.165) is 40.7 Å². The summed E-state index contributed by atoms with van der Waals surface area (Å²) in [5.41, 5.74) is 3.21. The maximum atomic E-state index is 13.1. The first-order valence-corrected chi connectivity index (χ1v) is 10.7. The van der Waals surface area contributed by atoms with Crippen LogP contribution in [0.1, 0.15) is 44.0 Å². The van der Waals surface area contributed by atoms with Crippen molar-refractivity contribution in [1.29, 1.82) is 0 Å².